The predicted molar refractivity (Wildman–Crippen MR) is 98.8 cm³/mol. The lowest BCUT2D eigenvalue weighted by molar-refractivity contribution is -0.144. The van der Waals surface area contributed by atoms with E-state index in [0.717, 1.165) is 0 Å². The lowest BCUT2D eigenvalue weighted by atomic mass is 10.0. The first-order chi connectivity index (χ1) is 12.8. The third-order valence-corrected chi connectivity index (χ3v) is 7.39. The van der Waals surface area contributed by atoms with Crippen LogP contribution in [0.15, 0.2) is 24.4 Å². The van der Waals surface area contributed by atoms with Crippen molar-refractivity contribution >= 4 is 26.7 Å². The summed E-state index contributed by atoms with van der Waals surface area (Å²) < 4.78 is 36.8. The summed E-state index contributed by atoms with van der Waals surface area (Å²) in [6.45, 7) is 2.37. The van der Waals surface area contributed by atoms with Crippen LogP contribution < -0.4 is 0 Å². The molecule has 2 saturated heterocycles. The minimum atomic E-state index is -2.94. The molecule has 2 N–H and O–H groups in total. The number of carbonyl (C=O) groups is 1. The molecule has 2 atom stereocenters. The Kier molecular flexibility index (Phi) is 4.69. The number of fused-ring (bicyclic) bond motifs is 1. The second kappa shape index (κ2) is 6.88. The zero-order valence-electron chi connectivity index (χ0n) is 14.8. The molecule has 0 aliphatic carbocycles. The van der Waals surface area contributed by atoms with Crippen molar-refractivity contribution in [2.75, 3.05) is 37.7 Å². The average Bonchev–Trinajstić information content (AvgIpc) is 3.18. The second-order valence-corrected chi connectivity index (χ2v) is 9.53. The van der Waals surface area contributed by atoms with Crippen LogP contribution in [0.2, 0.25) is 0 Å². The van der Waals surface area contributed by atoms with Crippen LogP contribution in [0.1, 0.15) is 18.0 Å². The van der Waals surface area contributed by atoms with E-state index in [1.807, 2.05) is 4.90 Å². The first-order valence-corrected chi connectivity index (χ1v) is 10.8. The van der Waals surface area contributed by atoms with Crippen LogP contribution in [0.5, 0.6) is 0 Å². The van der Waals surface area contributed by atoms with Crippen LogP contribution in [0.4, 0.5) is 4.39 Å². The number of piperazine rings is 1. The molecule has 3 heterocycles. The number of sulfone groups is 1. The Morgan fingerprint density at radius 3 is 2.63 bits per heavy atom. The summed E-state index contributed by atoms with van der Waals surface area (Å²) >= 11 is 0. The number of aromatic amines is 1. The van der Waals surface area contributed by atoms with Crippen LogP contribution in [0.3, 0.4) is 0 Å². The lowest BCUT2D eigenvalue weighted by Crippen LogP contribution is -2.52. The number of nitrogens with one attached hydrogen (secondary N) is 1. The fourth-order valence-corrected chi connectivity index (χ4v) is 6.02. The number of benzene rings is 1. The van der Waals surface area contributed by atoms with Crippen LogP contribution in [0.25, 0.3) is 10.9 Å². The molecule has 0 unspecified atom stereocenters. The molecule has 2 aliphatic rings. The van der Waals surface area contributed by atoms with Crippen molar-refractivity contribution in [2.24, 2.45) is 0 Å². The van der Waals surface area contributed by atoms with Gasteiger partial charge in [-0.3, -0.25) is 14.6 Å². The van der Waals surface area contributed by atoms with Crippen LogP contribution in [-0.2, 0) is 14.6 Å². The number of carboxylic acids is 1. The maximum Gasteiger partial charge on any atom is 0.325 e. The van der Waals surface area contributed by atoms with Crippen LogP contribution in [0, 0.1) is 5.82 Å². The third-order valence-electron chi connectivity index (χ3n) is 5.64. The lowest BCUT2D eigenvalue weighted by Gasteiger charge is -2.39. The van der Waals surface area contributed by atoms with E-state index in [9.17, 15) is 22.7 Å². The third kappa shape index (κ3) is 3.59. The van der Waals surface area contributed by atoms with Gasteiger partial charge in [0, 0.05) is 54.9 Å². The van der Waals surface area contributed by atoms with Gasteiger partial charge in [-0.2, -0.15) is 0 Å². The van der Waals surface area contributed by atoms with E-state index in [0.29, 0.717) is 49.1 Å². The van der Waals surface area contributed by atoms with E-state index in [-0.39, 0.29) is 23.4 Å². The summed E-state index contributed by atoms with van der Waals surface area (Å²) in [5, 5.41) is 10.5. The molecule has 1 aromatic heterocycles. The highest BCUT2D eigenvalue weighted by atomic mass is 32.2. The first kappa shape index (κ1) is 18.4. The number of H-pyrrole nitrogens is 1. The number of aromatic nitrogens is 1. The molecule has 146 valence electrons. The van der Waals surface area contributed by atoms with Gasteiger partial charge >= 0.3 is 5.97 Å². The maximum absolute atomic E-state index is 13.4. The molecule has 1 aromatic carbocycles. The average molecular weight is 395 g/mol. The molecule has 9 heteroatoms. The van der Waals surface area contributed by atoms with Crippen molar-refractivity contribution in [2.45, 2.75) is 18.5 Å². The molecule has 0 amide bonds. The van der Waals surface area contributed by atoms with Gasteiger partial charge in [0.2, 0.25) is 0 Å². The van der Waals surface area contributed by atoms with Crippen molar-refractivity contribution in [1.29, 1.82) is 0 Å². The SMILES string of the molecule is O=C(O)[C@@H](c1c[nH]c2cc(F)ccc12)N1CCN([C@@H]2CCS(=O)(=O)C2)CC1. The number of hydrogen-bond acceptors (Lipinski definition) is 5. The molecule has 4 rings (SSSR count). The molecular weight excluding hydrogens is 373 g/mol. The number of halogens is 1. The Hall–Kier alpha value is -1.97. The summed E-state index contributed by atoms with van der Waals surface area (Å²) in [5.41, 5.74) is 1.19. The molecule has 0 radical (unpaired) electrons. The largest absolute Gasteiger partial charge is 0.480 e. The normalized spacial score (nSPS) is 25.0. The molecule has 0 spiro atoms. The summed E-state index contributed by atoms with van der Waals surface area (Å²) in [6.07, 6.45) is 2.29. The number of aliphatic carboxylic acids is 1. The van der Waals surface area contributed by atoms with Crippen LogP contribution in [-0.4, -0.2) is 78.0 Å². The molecule has 0 bridgehead atoms. The molecule has 2 fully saturated rings. The van der Waals surface area contributed by atoms with Gasteiger partial charge in [-0.05, 0) is 24.6 Å². The Balaban J connectivity index is 1.51. The molecular formula is C18H22FN3O4S. The standard InChI is InChI=1S/C18H22FN3O4S/c19-12-1-2-14-15(10-20-16(14)9-12)17(18(23)24)22-6-4-21(5-7-22)13-3-8-27(25,26)11-13/h1-2,9-10,13,17,20H,3-8,11H2,(H,23,24)/t13-,17-/m1/s1. The van der Waals surface area contributed by atoms with Crippen molar-refractivity contribution in [3.63, 3.8) is 0 Å². The summed E-state index contributed by atoms with van der Waals surface area (Å²) in [6, 6.07) is 3.51. The summed E-state index contributed by atoms with van der Waals surface area (Å²) in [4.78, 5) is 19.0. The van der Waals surface area contributed by atoms with Gasteiger partial charge in [-0.1, -0.05) is 0 Å². The molecule has 2 aliphatic heterocycles. The van der Waals surface area contributed by atoms with Gasteiger partial charge in [0.1, 0.15) is 11.9 Å². The van der Waals surface area contributed by atoms with E-state index in [1.165, 1.54) is 12.1 Å². The number of hydrogen-bond donors (Lipinski definition) is 2. The van der Waals surface area contributed by atoms with Gasteiger partial charge in [-0.25, -0.2) is 12.8 Å². The topological polar surface area (TPSA) is 93.7 Å². The van der Waals surface area contributed by atoms with Crippen LogP contribution >= 0.6 is 0 Å². The number of nitrogens with zero attached hydrogens (tertiary/aromatic N) is 2. The highest BCUT2D eigenvalue weighted by Gasteiger charge is 2.37. The Bertz CT molecular complexity index is 966. The van der Waals surface area contributed by atoms with E-state index in [4.69, 9.17) is 0 Å². The van der Waals surface area contributed by atoms with Crippen molar-refractivity contribution in [3.8, 4) is 0 Å². The van der Waals surface area contributed by atoms with Gasteiger partial charge in [-0.15, -0.1) is 0 Å². The minimum absolute atomic E-state index is 0.0384. The zero-order valence-corrected chi connectivity index (χ0v) is 15.6. The number of carboxylic acid groups (broad SMARTS) is 1. The van der Waals surface area contributed by atoms with Gasteiger partial charge < -0.3 is 10.1 Å². The second-order valence-electron chi connectivity index (χ2n) is 7.30. The Labute approximate surface area is 156 Å². The van der Waals surface area contributed by atoms with Crippen molar-refractivity contribution < 1.29 is 22.7 Å². The van der Waals surface area contributed by atoms with Gasteiger partial charge in [0.25, 0.3) is 0 Å². The minimum Gasteiger partial charge on any atom is -0.480 e. The molecule has 27 heavy (non-hydrogen) atoms. The Morgan fingerprint density at radius 2 is 2.00 bits per heavy atom. The zero-order chi connectivity index (χ0) is 19.2. The number of rotatable bonds is 4. The van der Waals surface area contributed by atoms with Gasteiger partial charge in [0.15, 0.2) is 9.84 Å². The molecule has 0 saturated carbocycles. The quantitative estimate of drug-likeness (QED) is 0.809. The monoisotopic (exact) mass is 395 g/mol. The van der Waals surface area contributed by atoms with E-state index in [2.05, 4.69) is 9.88 Å². The van der Waals surface area contributed by atoms with E-state index in [1.54, 1.807) is 12.3 Å². The highest BCUT2D eigenvalue weighted by Crippen LogP contribution is 2.30. The first-order valence-electron chi connectivity index (χ1n) is 9.02. The van der Waals surface area contributed by atoms with Crippen molar-refractivity contribution in [3.05, 3.63) is 35.8 Å². The fraction of sp³-hybridized carbons (Fsp3) is 0.500. The van der Waals surface area contributed by atoms with E-state index < -0.39 is 21.8 Å². The van der Waals surface area contributed by atoms with Crippen molar-refractivity contribution in [1.82, 2.24) is 14.8 Å². The predicted octanol–water partition coefficient (Wildman–Crippen LogP) is 1.24. The smallest absolute Gasteiger partial charge is 0.325 e. The maximum atomic E-state index is 13.4. The molecule has 2 aromatic rings. The highest BCUT2D eigenvalue weighted by molar-refractivity contribution is 7.91. The van der Waals surface area contributed by atoms with E-state index >= 15 is 0 Å². The summed E-state index contributed by atoms with van der Waals surface area (Å²) in [5.74, 6) is -0.884. The molecule has 7 nitrogen and oxygen atoms in total. The fourth-order valence-electron chi connectivity index (χ4n) is 4.26. The summed E-state index contributed by atoms with van der Waals surface area (Å²) in [7, 11) is -2.94. The van der Waals surface area contributed by atoms with Gasteiger partial charge in [0.05, 0.1) is 11.5 Å². The Morgan fingerprint density at radius 1 is 1.26 bits per heavy atom.